The smallest absolute Gasteiger partial charge is 0.177 e. The van der Waals surface area contributed by atoms with Gasteiger partial charge >= 0.3 is 0 Å². The summed E-state index contributed by atoms with van der Waals surface area (Å²) in [5.41, 5.74) is 8.68. The van der Waals surface area contributed by atoms with Crippen molar-refractivity contribution in [2.24, 2.45) is 5.73 Å². The lowest BCUT2D eigenvalue weighted by Crippen LogP contribution is -2.38. The Morgan fingerprint density at radius 3 is 2.50 bits per heavy atom. The molecule has 1 fully saturated rings. The lowest BCUT2D eigenvalue weighted by atomic mass is 10.1. The zero-order chi connectivity index (χ0) is 24.0. The number of halogens is 3. The molecule has 8 nitrogen and oxygen atoms in total. The van der Waals surface area contributed by atoms with Gasteiger partial charge < -0.3 is 9.64 Å². The number of ether oxygens (including phenoxy) is 1. The van der Waals surface area contributed by atoms with Crippen LogP contribution < -0.4 is 15.4 Å². The zero-order valence-corrected chi connectivity index (χ0v) is 21.0. The highest BCUT2D eigenvalue weighted by Crippen LogP contribution is 2.38. The molecule has 0 radical (unpaired) electrons. The van der Waals surface area contributed by atoms with Gasteiger partial charge in [-0.2, -0.15) is 5.10 Å². The van der Waals surface area contributed by atoms with Gasteiger partial charge in [-0.25, -0.2) is 4.98 Å². The predicted molar refractivity (Wildman–Crippen MR) is 135 cm³/mol. The van der Waals surface area contributed by atoms with Gasteiger partial charge in [0.25, 0.3) is 0 Å². The highest BCUT2D eigenvalue weighted by Gasteiger charge is 2.23. The van der Waals surface area contributed by atoms with Gasteiger partial charge in [0.15, 0.2) is 6.23 Å². The fourth-order valence-corrected chi connectivity index (χ4v) is 5.28. The maximum absolute atomic E-state index is 12.4. The van der Waals surface area contributed by atoms with E-state index in [-0.39, 0.29) is 10.0 Å². The Bertz CT molecular complexity index is 1410. The summed E-state index contributed by atoms with van der Waals surface area (Å²) < 4.78 is 18.4. The number of rotatable bonds is 6. The zero-order valence-electron chi connectivity index (χ0n) is 17.9. The van der Waals surface area contributed by atoms with E-state index in [9.17, 15) is 4.21 Å². The Hall–Kier alpha value is -2.43. The van der Waals surface area contributed by atoms with Crippen LogP contribution in [0.4, 0.5) is 5.82 Å². The molecule has 3 aromatic heterocycles. The topological polar surface area (TPSA) is 110 Å². The Kier molecular flexibility index (Phi) is 6.39. The number of benzene rings is 1. The molecule has 4 aromatic rings. The van der Waals surface area contributed by atoms with E-state index in [1.165, 1.54) is 12.4 Å². The first kappa shape index (κ1) is 23.3. The Balaban J connectivity index is 1.54. The van der Waals surface area contributed by atoms with E-state index in [0.717, 1.165) is 36.3 Å². The summed E-state index contributed by atoms with van der Waals surface area (Å²) in [6.45, 7) is 1.82. The molecule has 2 atom stereocenters. The van der Waals surface area contributed by atoms with E-state index in [1.54, 1.807) is 24.6 Å². The molecule has 1 aliphatic rings. The summed E-state index contributed by atoms with van der Waals surface area (Å²) in [7, 11) is -1.21. The monoisotopic (exact) mass is 536 g/mol. The van der Waals surface area contributed by atoms with E-state index in [4.69, 9.17) is 45.3 Å². The highest BCUT2D eigenvalue weighted by molar-refractivity contribution is 7.84. The fourth-order valence-electron chi connectivity index (χ4n) is 3.76. The van der Waals surface area contributed by atoms with Gasteiger partial charge in [0, 0.05) is 54.4 Å². The molecule has 1 unspecified atom stereocenters. The van der Waals surface area contributed by atoms with E-state index in [1.807, 2.05) is 6.07 Å². The summed E-state index contributed by atoms with van der Waals surface area (Å²) in [5.74, 6) is 1.08. The lowest BCUT2D eigenvalue weighted by Gasteiger charge is -2.33. The van der Waals surface area contributed by atoms with Crippen molar-refractivity contribution < 1.29 is 8.95 Å². The van der Waals surface area contributed by atoms with Crippen molar-refractivity contribution in [3.63, 3.8) is 0 Å². The van der Waals surface area contributed by atoms with Crippen molar-refractivity contribution in [1.29, 1.82) is 0 Å². The molecule has 0 spiro atoms. The predicted octanol–water partition coefficient (Wildman–Crippen LogP) is 4.96. The lowest BCUT2D eigenvalue weighted by molar-refractivity contribution is 0.214. The highest BCUT2D eigenvalue weighted by atomic mass is 35.5. The molecule has 0 bridgehead atoms. The second-order valence-corrected chi connectivity index (χ2v) is 10.4. The van der Waals surface area contributed by atoms with E-state index < -0.39 is 17.0 Å². The first-order valence-electron chi connectivity index (χ1n) is 10.3. The van der Waals surface area contributed by atoms with Crippen LogP contribution in [0.15, 0.2) is 41.7 Å². The van der Waals surface area contributed by atoms with Crippen molar-refractivity contribution in [3.8, 4) is 17.0 Å². The number of aromatic nitrogens is 4. The van der Waals surface area contributed by atoms with Gasteiger partial charge in [-0.15, -0.1) is 0 Å². The third-order valence-corrected chi connectivity index (χ3v) is 7.43. The second kappa shape index (κ2) is 9.31. The summed E-state index contributed by atoms with van der Waals surface area (Å²) in [6.07, 6.45) is 6.39. The number of nitrogens with zero attached hydrogens (tertiary/aromatic N) is 4. The molecule has 3 N–H and O–H groups in total. The molecule has 1 aliphatic heterocycles. The largest absolute Gasteiger partial charge is 0.470 e. The molecule has 176 valence electrons. The molecular weight excluding hydrogens is 519 g/mol. The van der Waals surface area contributed by atoms with Crippen LogP contribution in [-0.4, -0.2) is 43.7 Å². The fraction of sp³-hybridized carbons (Fsp3) is 0.227. The van der Waals surface area contributed by atoms with E-state index in [2.05, 4.69) is 25.1 Å². The number of pyridine rings is 2. The van der Waals surface area contributed by atoms with Crippen molar-refractivity contribution in [2.75, 3.05) is 24.2 Å². The molecule has 0 amide bonds. The normalized spacial score (nSPS) is 15.3. The summed E-state index contributed by atoms with van der Waals surface area (Å²) >= 11 is 18.9. The van der Waals surface area contributed by atoms with Crippen LogP contribution in [0.3, 0.4) is 0 Å². The van der Waals surface area contributed by atoms with Gasteiger partial charge in [0.05, 0.1) is 36.3 Å². The number of hydrogen-bond acceptors (Lipinski definition) is 7. The number of fused-ring (bicyclic) bond motifs is 1. The third-order valence-electron chi connectivity index (χ3n) is 5.62. The van der Waals surface area contributed by atoms with Crippen molar-refractivity contribution in [2.45, 2.75) is 17.5 Å². The minimum absolute atomic E-state index is 0.287. The maximum atomic E-state index is 12.4. The minimum atomic E-state index is -1.21. The van der Waals surface area contributed by atoms with Crippen LogP contribution in [0.2, 0.25) is 15.1 Å². The molecular formula is C22H19Cl3N6O2S. The molecule has 0 saturated carbocycles. The average molecular weight is 538 g/mol. The van der Waals surface area contributed by atoms with Crippen LogP contribution in [-0.2, 0) is 10.8 Å². The summed E-state index contributed by atoms with van der Waals surface area (Å²) in [5, 5.41) is 9.08. The Labute approximate surface area is 212 Å². The van der Waals surface area contributed by atoms with Gasteiger partial charge in [-0.1, -0.05) is 34.8 Å². The van der Waals surface area contributed by atoms with Gasteiger partial charge in [-0.05, 0) is 24.6 Å². The molecule has 4 heterocycles. The molecule has 1 saturated heterocycles. The number of nitrogens with two attached hydrogens (primary N) is 1. The minimum Gasteiger partial charge on any atom is -0.470 e. The van der Waals surface area contributed by atoms with Gasteiger partial charge in [0.2, 0.25) is 0 Å². The molecule has 0 aliphatic carbocycles. The van der Waals surface area contributed by atoms with Crippen LogP contribution in [0.5, 0.6) is 5.75 Å². The number of hydrogen-bond donors (Lipinski definition) is 2. The van der Waals surface area contributed by atoms with E-state index in [0.29, 0.717) is 32.4 Å². The molecule has 1 aromatic carbocycles. The van der Waals surface area contributed by atoms with Gasteiger partial charge in [-0.3, -0.25) is 20.0 Å². The summed E-state index contributed by atoms with van der Waals surface area (Å²) in [6, 6.07) is 5.31. The standard InChI is InChI=1S/C22H19Cl3N6O2S/c1-34(32)18-5-11(8-28-22(18)31-3-2-4-31)20-12-6-17(13(23)7-16(12)29-30-20)33-21(26)19-14(24)9-27-10-15(19)25/h5-10,21H,2-4,26H2,1H3,(H,29,30)/t21-,34?/m0/s1. The number of aromatic amines is 1. The third kappa shape index (κ3) is 4.23. The first-order valence-corrected chi connectivity index (χ1v) is 13.0. The maximum Gasteiger partial charge on any atom is 0.177 e. The quantitative estimate of drug-likeness (QED) is 0.334. The van der Waals surface area contributed by atoms with Crippen LogP contribution >= 0.6 is 34.8 Å². The second-order valence-electron chi connectivity index (χ2n) is 7.80. The average Bonchev–Trinajstić information content (AvgIpc) is 3.15. The SMILES string of the molecule is CS(=O)c1cc(-c2n[nH]c3cc(Cl)c(O[C@H](N)c4c(Cl)cncc4Cl)cc23)cnc1N1CCC1. The van der Waals surface area contributed by atoms with Gasteiger partial charge in [0.1, 0.15) is 17.3 Å². The number of nitrogens with one attached hydrogen (secondary N) is 1. The van der Waals surface area contributed by atoms with Crippen molar-refractivity contribution in [1.82, 2.24) is 20.2 Å². The number of H-pyrrole nitrogens is 1. The molecule has 5 rings (SSSR count). The van der Waals surface area contributed by atoms with Crippen molar-refractivity contribution in [3.05, 3.63) is 57.4 Å². The Morgan fingerprint density at radius 2 is 1.85 bits per heavy atom. The Morgan fingerprint density at radius 1 is 1.12 bits per heavy atom. The van der Waals surface area contributed by atoms with Crippen molar-refractivity contribution >= 4 is 62.3 Å². The van der Waals surface area contributed by atoms with Crippen LogP contribution in [0, 0.1) is 0 Å². The first-order chi connectivity index (χ1) is 16.3. The summed E-state index contributed by atoms with van der Waals surface area (Å²) in [4.78, 5) is 11.3. The molecule has 12 heteroatoms. The number of anilines is 1. The van der Waals surface area contributed by atoms with Crippen LogP contribution in [0.1, 0.15) is 18.2 Å². The molecule has 34 heavy (non-hydrogen) atoms. The van der Waals surface area contributed by atoms with Crippen LogP contribution in [0.25, 0.3) is 22.2 Å². The van der Waals surface area contributed by atoms with E-state index >= 15 is 0 Å².